The number of aliphatic hydroxyl groups is 1. The number of carbonyl (C=O) groups is 3. The van der Waals surface area contributed by atoms with E-state index in [1.54, 1.807) is 16.7 Å². The van der Waals surface area contributed by atoms with Gasteiger partial charge in [0.2, 0.25) is 11.8 Å². The smallest absolute Gasteiger partial charge is 0.311 e. The number of esters is 1. The van der Waals surface area contributed by atoms with E-state index in [0.29, 0.717) is 26.1 Å². The molecule has 2 saturated heterocycles. The van der Waals surface area contributed by atoms with Gasteiger partial charge in [-0.3, -0.25) is 14.4 Å². The number of aliphatic hydroxyl groups excluding tert-OH is 1. The molecule has 0 aliphatic carbocycles. The molecule has 0 aromatic carbocycles. The van der Waals surface area contributed by atoms with Crippen LogP contribution in [0.4, 0.5) is 0 Å². The largest absolute Gasteiger partial charge is 0.465 e. The summed E-state index contributed by atoms with van der Waals surface area (Å²) in [7, 11) is 0. The van der Waals surface area contributed by atoms with E-state index >= 15 is 0 Å². The van der Waals surface area contributed by atoms with E-state index in [-0.39, 0.29) is 30.3 Å². The van der Waals surface area contributed by atoms with Crippen LogP contribution in [-0.2, 0) is 19.1 Å². The highest BCUT2D eigenvalue weighted by molar-refractivity contribution is 8.02. The van der Waals surface area contributed by atoms with Crippen molar-refractivity contribution in [1.82, 2.24) is 9.80 Å². The van der Waals surface area contributed by atoms with E-state index in [1.165, 1.54) is 0 Å². The molecule has 0 radical (unpaired) electrons. The molecule has 0 aromatic rings. The number of thioether (sulfide) groups is 1. The Morgan fingerprint density at radius 2 is 1.94 bits per heavy atom. The third kappa shape index (κ3) is 3.73. The second kappa shape index (κ2) is 9.10. The summed E-state index contributed by atoms with van der Waals surface area (Å²) in [5.41, 5.74) is 0. The third-order valence-electron chi connectivity index (χ3n) is 7.64. The van der Waals surface area contributed by atoms with Crippen LogP contribution in [0.15, 0.2) is 24.3 Å². The van der Waals surface area contributed by atoms with E-state index in [2.05, 4.69) is 6.92 Å². The zero-order valence-corrected chi connectivity index (χ0v) is 20.8. The van der Waals surface area contributed by atoms with Crippen LogP contribution in [0.3, 0.4) is 0 Å². The molecule has 4 aliphatic rings. The molecule has 4 aliphatic heterocycles. The molecule has 4 heterocycles. The Morgan fingerprint density at radius 1 is 1.18 bits per heavy atom. The van der Waals surface area contributed by atoms with E-state index in [9.17, 15) is 19.5 Å². The van der Waals surface area contributed by atoms with Crippen molar-refractivity contribution in [1.29, 1.82) is 0 Å². The molecule has 1 unspecified atom stereocenters. The van der Waals surface area contributed by atoms with Crippen LogP contribution in [0.2, 0.25) is 0 Å². The maximum atomic E-state index is 14.1. The summed E-state index contributed by atoms with van der Waals surface area (Å²) < 4.78 is 4.01. The van der Waals surface area contributed by atoms with Crippen LogP contribution < -0.4 is 0 Å². The molecule has 182 valence electrons. The zero-order valence-electron chi connectivity index (χ0n) is 20.0. The molecule has 7 nitrogen and oxygen atoms in total. The maximum Gasteiger partial charge on any atom is 0.311 e. The molecule has 2 amide bonds. The topological polar surface area (TPSA) is 87.2 Å². The van der Waals surface area contributed by atoms with Gasteiger partial charge in [-0.2, -0.15) is 0 Å². The lowest BCUT2D eigenvalue weighted by Crippen LogP contribution is -2.58. The lowest BCUT2D eigenvalue weighted by Gasteiger charge is -2.41. The Morgan fingerprint density at radius 3 is 2.61 bits per heavy atom. The number of nitrogens with zero attached hydrogens (tertiary/aromatic N) is 2. The Balaban J connectivity index is 1.88. The number of hydrogen-bond donors (Lipinski definition) is 1. The number of likely N-dealkylation sites (tertiary alicyclic amines) is 1. The molecule has 8 heteroatoms. The SMILES string of the molecule is CCCCN1CC=C[C@]23S[C@@]4(C)C=CCCOC(=O)[C@H]4[C@H]2C(=O)N([C@@H](CO)C(C)C)C3C1=O. The zero-order chi connectivity index (χ0) is 24.0. The highest BCUT2D eigenvalue weighted by atomic mass is 32.2. The van der Waals surface area contributed by atoms with Crippen LogP contribution in [0.1, 0.15) is 47.0 Å². The van der Waals surface area contributed by atoms with E-state index in [0.717, 1.165) is 12.8 Å². The maximum absolute atomic E-state index is 14.1. The van der Waals surface area contributed by atoms with E-state index in [4.69, 9.17) is 4.74 Å². The Bertz CT molecular complexity index is 873. The number of ether oxygens (including phenoxy) is 1. The summed E-state index contributed by atoms with van der Waals surface area (Å²) in [4.78, 5) is 44.9. The quantitative estimate of drug-likeness (QED) is 0.468. The van der Waals surface area contributed by atoms with Crippen molar-refractivity contribution in [3.8, 4) is 0 Å². The van der Waals surface area contributed by atoms with Crippen LogP contribution in [0.25, 0.3) is 0 Å². The first-order chi connectivity index (χ1) is 15.7. The molecule has 1 N–H and O–H groups in total. The lowest BCUT2D eigenvalue weighted by atomic mass is 9.74. The average Bonchev–Trinajstić information content (AvgIpc) is 3.08. The highest BCUT2D eigenvalue weighted by Crippen LogP contribution is 2.65. The Hall–Kier alpha value is -1.80. The van der Waals surface area contributed by atoms with Crippen molar-refractivity contribution in [2.24, 2.45) is 17.8 Å². The standard InChI is InChI=1S/C25H36N2O5S/c1-5-6-12-26-13-9-11-25-18(19-23(31)32-14-8-7-10-24(19,4)33-25)21(29)27(20(25)22(26)30)17(15-28)16(2)3/h7,9-11,16-20,28H,5-6,8,12-15H2,1-4H3/t17-,18-,19+,20?,24-,25-/m0/s1. The fourth-order valence-electron chi connectivity index (χ4n) is 6.00. The minimum Gasteiger partial charge on any atom is -0.465 e. The number of cyclic esters (lactones) is 1. The molecule has 2 fully saturated rings. The highest BCUT2D eigenvalue weighted by Gasteiger charge is 2.74. The summed E-state index contributed by atoms with van der Waals surface area (Å²) in [6, 6.07) is -1.26. The number of unbranched alkanes of at least 4 members (excludes halogenated alkanes) is 1. The van der Waals surface area contributed by atoms with Gasteiger partial charge in [0.05, 0.1) is 35.8 Å². The summed E-state index contributed by atoms with van der Waals surface area (Å²) in [6.07, 6.45) is 10.5. The Labute approximate surface area is 200 Å². The predicted octanol–water partition coefficient (Wildman–Crippen LogP) is 2.39. The van der Waals surface area contributed by atoms with Gasteiger partial charge in [0, 0.05) is 17.8 Å². The van der Waals surface area contributed by atoms with Crippen LogP contribution >= 0.6 is 11.8 Å². The van der Waals surface area contributed by atoms with Crippen molar-refractivity contribution in [3.05, 3.63) is 24.3 Å². The molecule has 4 rings (SSSR count). The van der Waals surface area contributed by atoms with E-state index < -0.39 is 33.4 Å². The number of amides is 2. The van der Waals surface area contributed by atoms with Crippen molar-refractivity contribution < 1.29 is 24.2 Å². The Kier molecular flexibility index (Phi) is 6.71. The third-order valence-corrected chi connectivity index (χ3v) is 9.43. The number of hydrogen-bond acceptors (Lipinski definition) is 6. The van der Waals surface area contributed by atoms with Gasteiger partial charge in [-0.15, -0.1) is 11.8 Å². The second-order valence-electron chi connectivity index (χ2n) is 10.1. The minimum atomic E-state index is -0.884. The molecule has 1 spiro atoms. The number of rotatable bonds is 6. The van der Waals surface area contributed by atoms with Gasteiger partial charge in [-0.1, -0.05) is 51.5 Å². The second-order valence-corrected chi connectivity index (χ2v) is 11.9. The predicted molar refractivity (Wildman–Crippen MR) is 127 cm³/mol. The van der Waals surface area contributed by atoms with Gasteiger partial charge in [0.1, 0.15) is 6.04 Å². The van der Waals surface area contributed by atoms with Crippen LogP contribution in [0.5, 0.6) is 0 Å². The van der Waals surface area contributed by atoms with Gasteiger partial charge >= 0.3 is 5.97 Å². The van der Waals surface area contributed by atoms with Crippen molar-refractivity contribution >= 4 is 29.5 Å². The first kappa shape index (κ1) is 24.3. The van der Waals surface area contributed by atoms with Crippen LogP contribution in [-0.4, -0.2) is 80.6 Å². The molecular weight excluding hydrogens is 440 g/mol. The molecule has 6 atom stereocenters. The summed E-state index contributed by atoms with van der Waals surface area (Å²) in [5, 5.41) is 10.3. The van der Waals surface area contributed by atoms with E-state index in [1.807, 2.05) is 50.0 Å². The van der Waals surface area contributed by atoms with Crippen molar-refractivity contribution in [2.75, 3.05) is 26.3 Å². The summed E-state index contributed by atoms with van der Waals surface area (Å²) in [5.74, 6) is -2.14. The summed E-state index contributed by atoms with van der Waals surface area (Å²) >= 11 is 1.55. The number of carbonyl (C=O) groups excluding carboxylic acids is 3. The molecular formula is C25H36N2O5S. The van der Waals surface area contributed by atoms with Crippen molar-refractivity contribution in [2.45, 2.75) is 68.5 Å². The lowest BCUT2D eigenvalue weighted by molar-refractivity contribution is -0.155. The normalized spacial score (nSPS) is 36.8. The number of fused-ring (bicyclic) bond motifs is 2. The average molecular weight is 477 g/mol. The van der Waals surface area contributed by atoms with Gasteiger partial charge in [-0.05, 0) is 25.7 Å². The summed E-state index contributed by atoms with van der Waals surface area (Å²) in [6.45, 7) is 9.14. The molecule has 0 aromatic heterocycles. The fraction of sp³-hybridized carbons (Fsp3) is 0.720. The van der Waals surface area contributed by atoms with Gasteiger partial charge in [-0.25, -0.2) is 0 Å². The van der Waals surface area contributed by atoms with Gasteiger partial charge < -0.3 is 19.6 Å². The first-order valence-corrected chi connectivity index (χ1v) is 13.0. The minimum absolute atomic E-state index is 0.0421. The van der Waals surface area contributed by atoms with Crippen molar-refractivity contribution in [3.63, 3.8) is 0 Å². The monoisotopic (exact) mass is 476 g/mol. The molecule has 33 heavy (non-hydrogen) atoms. The van der Waals surface area contributed by atoms with Crippen LogP contribution in [0, 0.1) is 17.8 Å². The molecule has 0 saturated carbocycles. The van der Waals surface area contributed by atoms with Gasteiger partial charge in [0.25, 0.3) is 0 Å². The fourth-order valence-corrected chi connectivity index (χ4v) is 8.14. The first-order valence-electron chi connectivity index (χ1n) is 12.2. The van der Waals surface area contributed by atoms with Gasteiger partial charge in [0.15, 0.2) is 0 Å². The molecule has 0 bridgehead atoms.